The van der Waals surface area contributed by atoms with Gasteiger partial charge in [0.15, 0.2) is 0 Å². The molecular weight excluding hydrogens is 202 g/mol. The molecular formula is C13H25NO2. The van der Waals surface area contributed by atoms with Crippen LogP contribution >= 0.6 is 0 Å². The molecule has 94 valence electrons. The van der Waals surface area contributed by atoms with Crippen LogP contribution in [0.1, 0.15) is 52.9 Å². The monoisotopic (exact) mass is 227 g/mol. The highest BCUT2D eigenvalue weighted by Gasteiger charge is 2.27. The third-order valence-corrected chi connectivity index (χ3v) is 3.22. The quantitative estimate of drug-likeness (QED) is 0.720. The van der Waals surface area contributed by atoms with E-state index in [0.29, 0.717) is 18.6 Å². The number of nitrogens with zero attached hydrogens (tertiary/aromatic N) is 1. The van der Waals surface area contributed by atoms with Gasteiger partial charge in [-0.05, 0) is 32.1 Å². The molecule has 16 heavy (non-hydrogen) atoms. The van der Waals surface area contributed by atoms with Crippen molar-refractivity contribution in [2.45, 2.75) is 58.9 Å². The lowest BCUT2D eigenvalue weighted by Crippen LogP contribution is -2.40. The number of carbonyl (C=O) groups is 1. The second kappa shape index (κ2) is 6.77. The van der Waals surface area contributed by atoms with Crippen LogP contribution in [0.3, 0.4) is 0 Å². The van der Waals surface area contributed by atoms with Gasteiger partial charge in [-0.15, -0.1) is 0 Å². The molecule has 1 rings (SSSR count). The predicted molar refractivity (Wildman–Crippen MR) is 65.4 cm³/mol. The number of amides is 1. The zero-order valence-corrected chi connectivity index (χ0v) is 10.9. The van der Waals surface area contributed by atoms with Crippen LogP contribution in [0.25, 0.3) is 0 Å². The zero-order chi connectivity index (χ0) is 12.0. The molecule has 0 aromatic heterocycles. The number of rotatable bonds is 5. The van der Waals surface area contributed by atoms with E-state index in [0.717, 1.165) is 25.8 Å². The van der Waals surface area contributed by atoms with E-state index in [1.807, 2.05) is 11.8 Å². The van der Waals surface area contributed by atoms with Crippen LogP contribution in [0.2, 0.25) is 0 Å². The normalized spacial score (nSPS) is 16.8. The fraction of sp³-hybridized carbons (Fsp3) is 0.923. The molecule has 0 aromatic carbocycles. The molecule has 0 saturated heterocycles. The molecule has 0 spiro atoms. The van der Waals surface area contributed by atoms with Crippen LogP contribution in [0, 0.1) is 5.92 Å². The summed E-state index contributed by atoms with van der Waals surface area (Å²) in [6.45, 7) is 7.58. The van der Waals surface area contributed by atoms with Gasteiger partial charge in [0.2, 0.25) is 0 Å². The van der Waals surface area contributed by atoms with E-state index in [4.69, 9.17) is 4.74 Å². The first-order valence-corrected chi connectivity index (χ1v) is 6.58. The number of hydrogen-bond donors (Lipinski definition) is 0. The summed E-state index contributed by atoms with van der Waals surface area (Å²) in [6.07, 6.45) is 5.75. The van der Waals surface area contributed by atoms with E-state index in [1.54, 1.807) is 0 Å². The van der Waals surface area contributed by atoms with Crippen molar-refractivity contribution in [2.75, 3.05) is 13.2 Å². The highest BCUT2D eigenvalue weighted by atomic mass is 16.6. The van der Waals surface area contributed by atoms with E-state index in [9.17, 15) is 4.79 Å². The summed E-state index contributed by atoms with van der Waals surface area (Å²) in [5, 5.41) is 0. The summed E-state index contributed by atoms with van der Waals surface area (Å²) in [4.78, 5) is 13.8. The minimum atomic E-state index is -0.116. The lowest BCUT2D eigenvalue weighted by atomic mass is 10.1. The highest BCUT2D eigenvalue weighted by Crippen LogP contribution is 2.24. The first-order valence-electron chi connectivity index (χ1n) is 6.58. The molecule has 0 aromatic rings. The Balaban J connectivity index is 2.49. The maximum absolute atomic E-state index is 11.8. The molecule has 1 amide bonds. The van der Waals surface area contributed by atoms with Crippen molar-refractivity contribution in [3.63, 3.8) is 0 Å². The SMILES string of the molecule is CCOC(=O)N(CCC(C)C)C1CCCC1. The number of carbonyl (C=O) groups excluding carboxylic acids is 1. The van der Waals surface area contributed by atoms with Crippen molar-refractivity contribution < 1.29 is 9.53 Å². The summed E-state index contributed by atoms with van der Waals surface area (Å²) < 4.78 is 5.14. The van der Waals surface area contributed by atoms with E-state index in [1.165, 1.54) is 12.8 Å². The summed E-state index contributed by atoms with van der Waals surface area (Å²) in [6, 6.07) is 0.429. The maximum atomic E-state index is 11.8. The molecule has 0 radical (unpaired) electrons. The Hall–Kier alpha value is -0.730. The Bertz CT molecular complexity index is 210. The molecule has 1 fully saturated rings. The van der Waals surface area contributed by atoms with Crippen molar-refractivity contribution in [2.24, 2.45) is 5.92 Å². The van der Waals surface area contributed by atoms with Crippen LogP contribution < -0.4 is 0 Å². The fourth-order valence-corrected chi connectivity index (χ4v) is 2.24. The standard InChI is InChI=1S/C13H25NO2/c1-4-16-13(15)14(10-9-11(2)3)12-7-5-6-8-12/h11-12H,4-10H2,1-3H3. The van der Waals surface area contributed by atoms with Gasteiger partial charge >= 0.3 is 6.09 Å². The summed E-state index contributed by atoms with van der Waals surface area (Å²) >= 11 is 0. The van der Waals surface area contributed by atoms with Crippen LogP contribution in [-0.4, -0.2) is 30.2 Å². The molecule has 3 heteroatoms. The highest BCUT2D eigenvalue weighted by molar-refractivity contribution is 5.68. The third kappa shape index (κ3) is 4.03. The largest absolute Gasteiger partial charge is 0.450 e. The van der Waals surface area contributed by atoms with Crippen LogP contribution in [0.5, 0.6) is 0 Å². The molecule has 0 aliphatic heterocycles. The van der Waals surface area contributed by atoms with Crippen molar-refractivity contribution in [1.29, 1.82) is 0 Å². The van der Waals surface area contributed by atoms with Gasteiger partial charge in [0.1, 0.15) is 0 Å². The first kappa shape index (κ1) is 13.3. The molecule has 0 bridgehead atoms. The second-order valence-corrected chi connectivity index (χ2v) is 5.01. The molecule has 0 atom stereocenters. The van der Waals surface area contributed by atoms with Crippen LogP contribution in [0.15, 0.2) is 0 Å². The van der Waals surface area contributed by atoms with Crippen molar-refractivity contribution in [3.8, 4) is 0 Å². The smallest absolute Gasteiger partial charge is 0.409 e. The van der Waals surface area contributed by atoms with Gasteiger partial charge in [0.25, 0.3) is 0 Å². The van der Waals surface area contributed by atoms with Gasteiger partial charge in [-0.1, -0.05) is 26.7 Å². The van der Waals surface area contributed by atoms with Gasteiger partial charge in [-0.25, -0.2) is 4.79 Å². The average molecular weight is 227 g/mol. The van der Waals surface area contributed by atoms with Crippen molar-refractivity contribution >= 4 is 6.09 Å². The number of hydrogen-bond acceptors (Lipinski definition) is 2. The molecule has 0 N–H and O–H groups in total. The van der Waals surface area contributed by atoms with E-state index in [2.05, 4.69) is 13.8 Å². The summed E-state index contributed by atoms with van der Waals surface area (Å²) in [7, 11) is 0. The minimum Gasteiger partial charge on any atom is -0.450 e. The van der Waals surface area contributed by atoms with Crippen LogP contribution in [0.4, 0.5) is 4.79 Å². The Labute approximate surface area is 99.1 Å². The Morgan fingerprint density at radius 1 is 1.38 bits per heavy atom. The molecule has 0 heterocycles. The molecule has 1 aliphatic carbocycles. The van der Waals surface area contributed by atoms with Crippen molar-refractivity contribution in [1.82, 2.24) is 4.90 Å². The first-order chi connectivity index (χ1) is 7.65. The lowest BCUT2D eigenvalue weighted by Gasteiger charge is -2.28. The summed E-state index contributed by atoms with van der Waals surface area (Å²) in [5.74, 6) is 0.637. The lowest BCUT2D eigenvalue weighted by molar-refractivity contribution is 0.0887. The van der Waals surface area contributed by atoms with E-state index in [-0.39, 0.29) is 6.09 Å². The Morgan fingerprint density at radius 3 is 2.50 bits per heavy atom. The van der Waals surface area contributed by atoms with Crippen molar-refractivity contribution in [3.05, 3.63) is 0 Å². The fourth-order valence-electron chi connectivity index (χ4n) is 2.24. The molecule has 1 saturated carbocycles. The number of ether oxygens (including phenoxy) is 1. The zero-order valence-electron chi connectivity index (χ0n) is 10.9. The van der Waals surface area contributed by atoms with E-state index >= 15 is 0 Å². The third-order valence-electron chi connectivity index (χ3n) is 3.22. The topological polar surface area (TPSA) is 29.5 Å². The van der Waals surface area contributed by atoms with E-state index < -0.39 is 0 Å². The Kier molecular flexibility index (Phi) is 5.64. The second-order valence-electron chi connectivity index (χ2n) is 5.01. The van der Waals surface area contributed by atoms with Gasteiger partial charge in [0.05, 0.1) is 6.61 Å². The van der Waals surface area contributed by atoms with Crippen LogP contribution in [-0.2, 0) is 4.74 Å². The molecule has 0 unspecified atom stereocenters. The van der Waals surface area contributed by atoms with Gasteiger partial charge < -0.3 is 9.64 Å². The Morgan fingerprint density at radius 2 is 2.00 bits per heavy atom. The molecule has 1 aliphatic rings. The van der Waals surface area contributed by atoms with Gasteiger partial charge in [0, 0.05) is 12.6 Å². The minimum absolute atomic E-state index is 0.116. The summed E-state index contributed by atoms with van der Waals surface area (Å²) in [5.41, 5.74) is 0. The van der Waals surface area contributed by atoms with Gasteiger partial charge in [-0.2, -0.15) is 0 Å². The average Bonchev–Trinajstić information content (AvgIpc) is 2.71. The van der Waals surface area contributed by atoms with Gasteiger partial charge in [-0.3, -0.25) is 0 Å². The molecule has 3 nitrogen and oxygen atoms in total. The predicted octanol–water partition coefficient (Wildman–Crippen LogP) is 3.43. The maximum Gasteiger partial charge on any atom is 0.409 e.